The number of nitrogens with zero attached hydrogens (tertiary/aromatic N) is 3. The molecule has 0 unspecified atom stereocenters. The summed E-state index contributed by atoms with van der Waals surface area (Å²) in [6.45, 7) is 3.07. The number of benzene rings is 1. The molecule has 0 aliphatic rings. The number of carbonyl (C=O) groups excluding carboxylic acids is 1. The van der Waals surface area contributed by atoms with Gasteiger partial charge in [-0.2, -0.15) is 11.8 Å². The molecule has 0 radical (unpaired) electrons. The maximum absolute atomic E-state index is 12.0. The second-order valence-electron chi connectivity index (χ2n) is 5.16. The largest absolute Gasteiger partial charge is 0.359 e. The monoisotopic (exact) mass is 330 g/mol. The third-order valence-corrected chi connectivity index (χ3v) is 4.16. The van der Waals surface area contributed by atoms with Gasteiger partial charge in [-0.05, 0) is 25.3 Å². The van der Waals surface area contributed by atoms with Crippen molar-refractivity contribution in [2.75, 3.05) is 18.6 Å². The number of rotatable bonds is 6. The average molecular weight is 330 g/mol. The van der Waals surface area contributed by atoms with E-state index in [1.807, 2.05) is 42.0 Å². The molecule has 0 fully saturated rings. The number of carbonyl (C=O) groups is 1. The zero-order valence-corrected chi connectivity index (χ0v) is 13.9. The number of para-hydroxylation sites is 2. The van der Waals surface area contributed by atoms with Crippen LogP contribution < -0.4 is 5.32 Å². The first-order valence-electron chi connectivity index (χ1n) is 7.33. The molecule has 0 bridgehead atoms. The number of amides is 1. The molecule has 6 nitrogen and oxygen atoms in total. The van der Waals surface area contributed by atoms with E-state index in [2.05, 4.69) is 15.5 Å². The number of hydrogen-bond donors (Lipinski definition) is 1. The molecule has 1 amide bonds. The van der Waals surface area contributed by atoms with Crippen LogP contribution in [0.4, 0.5) is 0 Å². The molecule has 2 heterocycles. The molecule has 0 saturated heterocycles. The molecule has 3 rings (SSSR count). The SMILES string of the molecule is CSCCNC(=O)c1cc(Cn2c(C)nc3ccccc32)on1. The first kappa shape index (κ1) is 15.6. The van der Waals surface area contributed by atoms with Crippen molar-refractivity contribution in [3.05, 3.63) is 47.6 Å². The summed E-state index contributed by atoms with van der Waals surface area (Å²) in [5, 5.41) is 6.67. The van der Waals surface area contributed by atoms with Crippen LogP contribution in [0.25, 0.3) is 11.0 Å². The maximum atomic E-state index is 12.0. The van der Waals surface area contributed by atoms with Crippen molar-refractivity contribution in [3.63, 3.8) is 0 Å². The molecule has 2 aromatic heterocycles. The minimum atomic E-state index is -0.207. The van der Waals surface area contributed by atoms with E-state index in [1.54, 1.807) is 17.8 Å². The van der Waals surface area contributed by atoms with Crippen molar-refractivity contribution in [3.8, 4) is 0 Å². The van der Waals surface area contributed by atoms with E-state index >= 15 is 0 Å². The van der Waals surface area contributed by atoms with E-state index in [-0.39, 0.29) is 5.91 Å². The van der Waals surface area contributed by atoms with Crippen LogP contribution in [0.1, 0.15) is 22.1 Å². The molecule has 0 atom stereocenters. The second-order valence-corrected chi connectivity index (χ2v) is 6.15. The quantitative estimate of drug-likeness (QED) is 0.703. The molecule has 1 aromatic carbocycles. The van der Waals surface area contributed by atoms with Gasteiger partial charge in [-0.3, -0.25) is 4.79 Å². The summed E-state index contributed by atoms with van der Waals surface area (Å²) in [4.78, 5) is 16.5. The summed E-state index contributed by atoms with van der Waals surface area (Å²) >= 11 is 1.68. The molecule has 1 N–H and O–H groups in total. The molecule has 23 heavy (non-hydrogen) atoms. The topological polar surface area (TPSA) is 73.0 Å². The minimum absolute atomic E-state index is 0.207. The van der Waals surface area contributed by atoms with Gasteiger partial charge in [0, 0.05) is 18.4 Å². The molecule has 3 aromatic rings. The smallest absolute Gasteiger partial charge is 0.273 e. The van der Waals surface area contributed by atoms with Gasteiger partial charge in [0.1, 0.15) is 5.82 Å². The van der Waals surface area contributed by atoms with Crippen LogP contribution in [0.3, 0.4) is 0 Å². The van der Waals surface area contributed by atoms with E-state index in [1.165, 1.54) is 0 Å². The van der Waals surface area contributed by atoms with Gasteiger partial charge in [0.05, 0.1) is 17.6 Å². The first-order chi connectivity index (χ1) is 11.2. The normalized spacial score (nSPS) is 11.0. The molecular weight excluding hydrogens is 312 g/mol. The Morgan fingerprint density at radius 3 is 3.04 bits per heavy atom. The Morgan fingerprint density at radius 2 is 2.22 bits per heavy atom. The minimum Gasteiger partial charge on any atom is -0.359 e. The van der Waals surface area contributed by atoms with E-state index in [4.69, 9.17) is 4.52 Å². The molecule has 0 aliphatic heterocycles. The summed E-state index contributed by atoms with van der Waals surface area (Å²) in [7, 11) is 0. The highest BCUT2D eigenvalue weighted by atomic mass is 32.2. The van der Waals surface area contributed by atoms with Gasteiger partial charge in [0.2, 0.25) is 0 Å². The van der Waals surface area contributed by atoms with Gasteiger partial charge in [-0.1, -0.05) is 17.3 Å². The highest BCUT2D eigenvalue weighted by Crippen LogP contribution is 2.17. The van der Waals surface area contributed by atoms with Gasteiger partial charge in [-0.25, -0.2) is 4.98 Å². The molecule has 7 heteroatoms. The van der Waals surface area contributed by atoms with Gasteiger partial charge in [-0.15, -0.1) is 0 Å². The zero-order valence-electron chi connectivity index (χ0n) is 13.1. The standard InChI is InChI=1S/C16H18N4O2S/c1-11-18-13-5-3-4-6-15(13)20(11)10-12-9-14(19-22-12)16(21)17-7-8-23-2/h3-6,9H,7-8,10H2,1-2H3,(H,17,21). The van der Waals surface area contributed by atoms with Gasteiger partial charge in [0.25, 0.3) is 5.91 Å². The number of aromatic nitrogens is 3. The number of fused-ring (bicyclic) bond motifs is 1. The average Bonchev–Trinajstić information content (AvgIpc) is 3.13. The number of thioether (sulfide) groups is 1. The Hall–Kier alpha value is -2.28. The third kappa shape index (κ3) is 3.39. The van der Waals surface area contributed by atoms with E-state index < -0.39 is 0 Å². The lowest BCUT2D eigenvalue weighted by molar-refractivity contribution is 0.0947. The summed E-state index contributed by atoms with van der Waals surface area (Å²) in [6, 6.07) is 9.61. The van der Waals surface area contributed by atoms with Gasteiger partial charge < -0.3 is 14.4 Å². The summed E-state index contributed by atoms with van der Waals surface area (Å²) < 4.78 is 7.35. The molecular formula is C16H18N4O2S. The molecule has 120 valence electrons. The molecule has 0 spiro atoms. The van der Waals surface area contributed by atoms with Crippen molar-refractivity contribution in [1.82, 2.24) is 20.0 Å². The molecule has 0 aliphatic carbocycles. The summed E-state index contributed by atoms with van der Waals surface area (Å²) in [6.07, 6.45) is 2.00. The van der Waals surface area contributed by atoms with Gasteiger partial charge in [0.15, 0.2) is 11.5 Å². The highest BCUT2D eigenvalue weighted by molar-refractivity contribution is 7.98. The van der Waals surface area contributed by atoms with Crippen molar-refractivity contribution < 1.29 is 9.32 Å². The lowest BCUT2D eigenvalue weighted by Gasteiger charge is -2.03. The molecule has 0 saturated carbocycles. The first-order valence-corrected chi connectivity index (χ1v) is 8.73. The van der Waals surface area contributed by atoms with E-state index in [9.17, 15) is 4.79 Å². The van der Waals surface area contributed by atoms with Crippen LogP contribution in [0.15, 0.2) is 34.9 Å². The van der Waals surface area contributed by atoms with Crippen LogP contribution in [0, 0.1) is 6.92 Å². The predicted molar refractivity (Wildman–Crippen MR) is 90.8 cm³/mol. The summed E-state index contributed by atoms with van der Waals surface area (Å²) in [5.41, 5.74) is 2.29. The van der Waals surface area contributed by atoms with Crippen molar-refractivity contribution >= 4 is 28.7 Å². The fourth-order valence-corrected chi connectivity index (χ4v) is 2.71. The third-order valence-electron chi connectivity index (χ3n) is 3.54. The lowest BCUT2D eigenvalue weighted by Crippen LogP contribution is -2.25. The fourth-order valence-electron chi connectivity index (χ4n) is 2.40. The lowest BCUT2D eigenvalue weighted by atomic mass is 10.3. The van der Waals surface area contributed by atoms with Crippen molar-refractivity contribution in [2.45, 2.75) is 13.5 Å². The van der Waals surface area contributed by atoms with Crippen LogP contribution in [-0.4, -0.2) is 39.2 Å². The Kier molecular flexibility index (Phi) is 4.66. The highest BCUT2D eigenvalue weighted by Gasteiger charge is 2.14. The van der Waals surface area contributed by atoms with Crippen LogP contribution >= 0.6 is 11.8 Å². The number of aryl methyl sites for hydroxylation is 1. The Balaban J connectivity index is 1.76. The van der Waals surface area contributed by atoms with Gasteiger partial charge >= 0.3 is 0 Å². The van der Waals surface area contributed by atoms with Crippen LogP contribution in [-0.2, 0) is 6.54 Å². The van der Waals surface area contributed by atoms with Crippen molar-refractivity contribution in [2.24, 2.45) is 0 Å². The number of imidazole rings is 1. The van der Waals surface area contributed by atoms with Crippen LogP contribution in [0.2, 0.25) is 0 Å². The van der Waals surface area contributed by atoms with Crippen molar-refractivity contribution in [1.29, 1.82) is 0 Å². The Bertz CT molecular complexity index is 824. The number of hydrogen-bond acceptors (Lipinski definition) is 5. The second kappa shape index (κ2) is 6.87. The Morgan fingerprint density at radius 1 is 1.39 bits per heavy atom. The predicted octanol–water partition coefficient (Wildman–Crippen LogP) is 2.47. The Labute approximate surface area is 138 Å². The van der Waals surface area contributed by atoms with E-state index in [0.717, 1.165) is 22.6 Å². The van der Waals surface area contributed by atoms with E-state index in [0.29, 0.717) is 24.5 Å². The summed E-state index contributed by atoms with van der Waals surface area (Å²) in [5.74, 6) is 2.19. The maximum Gasteiger partial charge on any atom is 0.273 e. The zero-order chi connectivity index (χ0) is 16.2. The fraction of sp³-hybridized carbons (Fsp3) is 0.312. The number of nitrogens with one attached hydrogen (secondary N) is 1. The van der Waals surface area contributed by atoms with Crippen LogP contribution in [0.5, 0.6) is 0 Å².